The normalized spacial score (nSPS) is 27.9. The molecular formula is C29H48N4P2. The summed E-state index contributed by atoms with van der Waals surface area (Å²) in [5, 5.41) is 15.7. The SMILES string of the molecule is CC(C)(C)P(CC1C=C(c2ccccc2)C=C1C(P)(C1CNCCN1)C1CNCCN1)C(C)(C)C. The lowest BCUT2D eigenvalue weighted by molar-refractivity contribution is 0.273. The van der Waals surface area contributed by atoms with Crippen molar-refractivity contribution in [1.29, 1.82) is 0 Å². The minimum absolute atomic E-state index is 0.0741. The van der Waals surface area contributed by atoms with Gasteiger partial charge >= 0.3 is 0 Å². The van der Waals surface area contributed by atoms with E-state index in [1.807, 2.05) is 0 Å². The van der Waals surface area contributed by atoms with Gasteiger partial charge in [-0.05, 0) is 33.2 Å². The summed E-state index contributed by atoms with van der Waals surface area (Å²) in [6, 6.07) is 11.7. The molecule has 0 spiro atoms. The highest BCUT2D eigenvalue weighted by Gasteiger charge is 2.49. The topological polar surface area (TPSA) is 48.1 Å². The van der Waals surface area contributed by atoms with Crippen LogP contribution in [0.3, 0.4) is 0 Å². The van der Waals surface area contributed by atoms with E-state index in [1.165, 1.54) is 17.3 Å². The van der Waals surface area contributed by atoms with Crippen molar-refractivity contribution >= 4 is 22.7 Å². The second kappa shape index (κ2) is 11.0. The van der Waals surface area contributed by atoms with Crippen molar-refractivity contribution in [3.05, 3.63) is 53.6 Å². The predicted molar refractivity (Wildman–Crippen MR) is 159 cm³/mol. The van der Waals surface area contributed by atoms with E-state index in [1.54, 1.807) is 5.57 Å². The molecule has 3 aliphatic rings. The molecule has 0 aromatic heterocycles. The number of piperazine rings is 2. The summed E-state index contributed by atoms with van der Waals surface area (Å²) in [7, 11) is 3.18. The molecular weight excluding hydrogens is 466 g/mol. The zero-order chi connectivity index (χ0) is 25.3. The molecule has 2 aliphatic heterocycles. The predicted octanol–water partition coefficient (Wildman–Crippen LogP) is 4.44. The zero-order valence-corrected chi connectivity index (χ0v) is 24.8. The van der Waals surface area contributed by atoms with Gasteiger partial charge in [-0.2, -0.15) is 0 Å². The van der Waals surface area contributed by atoms with E-state index in [2.05, 4.69) is 115 Å². The van der Waals surface area contributed by atoms with Gasteiger partial charge in [0.2, 0.25) is 0 Å². The van der Waals surface area contributed by atoms with Crippen LogP contribution in [0.2, 0.25) is 0 Å². The van der Waals surface area contributed by atoms with Gasteiger partial charge < -0.3 is 21.3 Å². The zero-order valence-electron chi connectivity index (χ0n) is 22.7. The summed E-state index contributed by atoms with van der Waals surface area (Å²) in [5.74, 6) is 0.444. The van der Waals surface area contributed by atoms with E-state index in [9.17, 15) is 0 Å². The average molecular weight is 515 g/mol. The second-order valence-electron chi connectivity index (χ2n) is 12.5. The Balaban J connectivity index is 1.79. The minimum atomic E-state index is -0.217. The standard InChI is InChI=1S/C29H48N4P2/c1-27(2,3)35(28(4,5)6)20-23-16-22(21-10-8-7-9-11-21)17-24(23)29(34,25-18-30-12-14-32-25)26-19-31-13-15-33-26/h7-11,16-17,23,25-26,30-33H,12-15,18-20,34H2,1-6H3. The molecule has 6 heteroatoms. The first-order valence-electron chi connectivity index (χ1n) is 13.5. The Morgan fingerprint density at radius 2 is 1.37 bits per heavy atom. The van der Waals surface area contributed by atoms with Crippen molar-refractivity contribution < 1.29 is 0 Å². The molecule has 0 bridgehead atoms. The smallest absolute Gasteiger partial charge is 0.0395 e. The molecule has 4 atom stereocenters. The van der Waals surface area contributed by atoms with Gasteiger partial charge in [-0.3, -0.25) is 0 Å². The fraction of sp³-hybridized carbons (Fsp3) is 0.655. The van der Waals surface area contributed by atoms with Crippen LogP contribution in [0.1, 0.15) is 47.1 Å². The molecule has 2 fully saturated rings. The molecule has 194 valence electrons. The van der Waals surface area contributed by atoms with Gasteiger partial charge in [-0.25, -0.2) is 0 Å². The van der Waals surface area contributed by atoms with E-state index in [4.69, 9.17) is 0 Å². The number of nitrogens with one attached hydrogen (secondary N) is 4. The Morgan fingerprint density at radius 3 is 1.83 bits per heavy atom. The molecule has 1 aromatic carbocycles. The highest BCUT2D eigenvalue weighted by atomic mass is 31.1. The Morgan fingerprint density at radius 1 is 0.829 bits per heavy atom. The molecule has 0 amide bonds. The molecule has 4 rings (SSSR count). The summed E-state index contributed by atoms with van der Waals surface area (Å²) >= 11 is 0. The summed E-state index contributed by atoms with van der Waals surface area (Å²) in [5.41, 5.74) is 4.31. The summed E-state index contributed by atoms with van der Waals surface area (Å²) in [6.45, 7) is 20.9. The Hall–Kier alpha value is -0.600. The lowest BCUT2D eigenvalue weighted by Crippen LogP contribution is -2.69. The van der Waals surface area contributed by atoms with Crippen LogP contribution >= 0.6 is 17.2 Å². The highest BCUT2D eigenvalue weighted by Crippen LogP contribution is 2.62. The van der Waals surface area contributed by atoms with Gasteiger partial charge in [0.15, 0.2) is 0 Å². The molecule has 4 N–H and O–H groups in total. The van der Waals surface area contributed by atoms with E-state index < -0.39 is 0 Å². The van der Waals surface area contributed by atoms with Gasteiger partial charge in [0.25, 0.3) is 0 Å². The summed E-state index contributed by atoms with van der Waals surface area (Å²) in [6.07, 6.45) is 6.39. The van der Waals surface area contributed by atoms with Crippen LogP contribution in [0.15, 0.2) is 48.1 Å². The van der Waals surface area contributed by atoms with Gasteiger partial charge in [0.05, 0.1) is 0 Å². The van der Waals surface area contributed by atoms with E-state index >= 15 is 0 Å². The van der Waals surface area contributed by atoms with Crippen molar-refractivity contribution in [1.82, 2.24) is 21.3 Å². The van der Waals surface area contributed by atoms with Crippen molar-refractivity contribution in [3.63, 3.8) is 0 Å². The molecule has 2 saturated heterocycles. The maximum Gasteiger partial charge on any atom is 0.0395 e. The van der Waals surface area contributed by atoms with E-state index in [0.717, 1.165) is 39.3 Å². The second-order valence-corrected chi connectivity index (χ2v) is 17.4. The third kappa shape index (κ3) is 6.11. The third-order valence-electron chi connectivity index (χ3n) is 7.93. The number of benzene rings is 1. The van der Waals surface area contributed by atoms with Gasteiger partial charge in [-0.15, -0.1) is 9.24 Å². The van der Waals surface area contributed by atoms with Crippen molar-refractivity contribution in [2.24, 2.45) is 5.92 Å². The van der Waals surface area contributed by atoms with Gasteiger partial charge in [-0.1, -0.05) is 91.9 Å². The maximum atomic E-state index is 3.91. The van der Waals surface area contributed by atoms with Crippen LogP contribution in [0, 0.1) is 5.92 Å². The van der Waals surface area contributed by atoms with Crippen LogP contribution in [0.4, 0.5) is 0 Å². The maximum absolute atomic E-state index is 3.91. The van der Waals surface area contributed by atoms with Crippen LogP contribution in [-0.2, 0) is 0 Å². The summed E-state index contributed by atoms with van der Waals surface area (Å²) in [4.78, 5) is 0. The highest BCUT2D eigenvalue weighted by molar-refractivity contribution is 7.60. The van der Waals surface area contributed by atoms with E-state index in [0.29, 0.717) is 28.3 Å². The van der Waals surface area contributed by atoms with Crippen LogP contribution in [0.5, 0.6) is 0 Å². The minimum Gasteiger partial charge on any atom is -0.314 e. The first-order valence-corrected chi connectivity index (χ1v) is 15.6. The average Bonchev–Trinajstić information content (AvgIpc) is 3.27. The monoisotopic (exact) mass is 514 g/mol. The van der Waals surface area contributed by atoms with Crippen LogP contribution in [0.25, 0.3) is 5.57 Å². The quantitative estimate of drug-likeness (QED) is 0.424. The lowest BCUT2D eigenvalue weighted by Gasteiger charge is -2.51. The molecule has 0 saturated carbocycles. The molecule has 1 aromatic rings. The number of hydrogen-bond donors (Lipinski definition) is 4. The van der Waals surface area contributed by atoms with Gasteiger partial charge in [0, 0.05) is 62.4 Å². The molecule has 4 nitrogen and oxygen atoms in total. The number of hydrogen-bond acceptors (Lipinski definition) is 4. The molecule has 4 unspecified atom stereocenters. The summed E-state index contributed by atoms with van der Waals surface area (Å²) < 4.78 is 0. The van der Waals surface area contributed by atoms with Crippen LogP contribution < -0.4 is 21.3 Å². The molecule has 35 heavy (non-hydrogen) atoms. The van der Waals surface area contributed by atoms with Crippen molar-refractivity contribution in [3.8, 4) is 0 Å². The van der Waals surface area contributed by atoms with E-state index in [-0.39, 0.29) is 13.1 Å². The van der Waals surface area contributed by atoms with Crippen molar-refractivity contribution in [2.45, 2.75) is 69.1 Å². The van der Waals surface area contributed by atoms with Gasteiger partial charge in [0.1, 0.15) is 0 Å². The molecule has 0 radical (unpaired) electrons. The third-order valence-corrected chi connectivity index (χ3v) is 13.1. The largest absolute Gasteiger partial charge is 0.314 e. The number of rotatable bonds is 6. The molecule has 2 heterocycles. The lowest BCUT2D eigenvalue weighted by atomic mass is 9.78. The molecule has 1 aliphatic carbocycles. The Kier molecular flexibility index (Phi) is 8.64. The van der Waals surface area contributed by atoms with Crippen molar-refractivity contribution in [2.75, 3.05) is 45.4 Å². The van der Waals surface area contributed by atoms with Crippen LogP contribution in [-0.4, -0.2) is 73.0 Å². The first kappa shape index (κ1) is 27.4. The Bertz CT molecular complexity index is 869. The first-order chi connectivity index (χ1) is 16.5. The Labute approximate surface area is 217 Å². The fourth-order valence-corrected chi connectivity index (χ4v) is 11.0. The number of allylic oxidation sites excluding steroid dienone is 3. The fourth-order valence-electron chi connectivity index (χ4n) is 6.41.